The number of carbonyl (C=O) groups is 1. The Bertz CT molecular complexity index is 501. The van der Waals surface area contributed by atoms with Crippen molar-refractivity contribution in [2.75, 3.05) is 31.7 Å². The summed E-state index contributed by atoms with van der Waals surface area (Å²) in [6.07, 6.45) is 0. The molecule has 1 aromatic rings. The van der Waals surface area contributed by atoms with Gasteiger partial charge in [-0.2, -0.15) is 0 Å². The van der Waals surface area contributed by atoms with Gasteiger partial charge in [-0.25, -0.2) is 14.8 Å². The van der Waals surface area contributed by atoms with E-state index in [9.17, 15) is 14.9 Å². The molecule has 2 rings (SSSR count). The summed E-state index contributed by atoms with van der Waals surface area (Å²) in [6.45, 7) is 2.07. The number of carboxylic acid groups (broad SMARTS) is 1. The lowest BCUT2D eigenvalue weighted by molar-refractivity contribution is -0.384. The number of nitrogens with zero attached hydrogens (tertiary/aromatic N) is 3. The van der Waals surface area contributed by atoms with Crippen molar-refractivity contribution in [3.8, 4) is 0 Å². The van der Waals surface area contributed by atoms with Crippen molar-refractivity contribution in [2.45, 2.75) is 0 Å². The zero-order valence-corrected chi connectivity index (χ0v) is 9.90. The summed E-state index contributed by atoms with van der Waals surface area (Å²) in [6, 6.07) is 2.23. The van der Waals surface area contributed by atoms with Crippen LogP contribution in [0.3, 0.4) is 0 Å². The quantitative estimate of drug-likeness (QED) is 0.593. The number of hydrogen-bond acceptors (Lipinski definition) is 7. The van der Waals surface area contributed by atoms with Crippen molar-refractivity contribution in [1.29, 1.82) is 0 Å². The Morgan fingerprint density at radius 2 is 2.16 bits per heavy atom. The average Bonchev–Trinajstić information content (AvgIpc) is 2.39. The molecule has 102 valence electrons. The Morgan fingerprint density at radius 3 is 2.74 bits per heavy atom. The Balaban J connectivity index is 2.26. The van der Waals surface area contributed by atoms with Gasteiger partial charge in [0.05, 0.1) is 18.1 Å². The lowest BCUT2D eigenvalue weighted by Crippen LogP contribution is -2.40. The predicted octanol–water partition coefficient (Wildman–Crippen LogP) is 0.347. The van der Waals surface area contributed by atoms with Crippen molar-refractivity contribution >= 4 is 17.5 Å². The van der Waals surface area contributed by atoms with Crippen molar-refractivity contribution in [2.24, 2.45) is 0 Å². The standard InChI is InChI=1S/C10H12N4O5/c15-10(16)7-1-2-8(14(17)18)9(11-7)12-13-3-5-19-6-4-13/h1-2H,3-6H2,(H,11,12)(H,15,16). The average molecular weight is 268 g/mol. The van der Waals surface area contributed by atoms with E-state index in [2.05, 4.69) is 10.4 Å². The molecule has 1 fully saturated rings. The highest BCUT2D eigenvalue weighted by molar-refractivity contribution is 5.86. The highest BCUT2D eigenvalue weighted by Crippen LogP contribution is 2.22. The van der Waals surface area contributed by atoms with Crippen molar-refractivity contribution in [3.05, 3.63) is 27.9 Å². The summed E-state index contributed by atoms with van der Waals surface area (Å²) in [5.41, 5.74) is 2.25. The van der Waals surface area contributed by atoms with Gasteiger partial charge in [0.2, 0.25) is 5.82 Å². The van der Waals surface area contributed by atoms with Crippen LogP contribution in [0.1, 0.15) is 10.5 Å². The highest BCUT2D eigenvalue weighted by atomic mass is 16.6. The fourth-order valence-corrected chi connectivity index (χ4v) is 1.63. The van der Waals surface area contributed by atoms with E-state index in [1.807, 2.05) is 0 Å². The van der Waals surface area contributed by atoms with Gasteiger partial charge < -0.3 is 9.84 Å². The van der Waals surface area contributed by atoms with Crippen molar-refractivity contribution in [1.82, 2.24) is 9.99 Å². The molecule has 0 bridgehead atoms. The van der Waals surface area contributed by atoms with Gasteiger partial charge >= 0.3 is 11.7 Å². The van der Waals surface area contributed by atoms with Gasteiger partial charge in [0.1, 0.15) is 0 Å². The summed E-state index contributed by atoms with van der Waals surface area (Å²) < 4.78 is 5.15. The van der Waals surface area contributed by atoms with E-state index in [0.29, 0.717) is 26.3 Å². The van der Waals surface area contributed by atoms with Crippen molar-refractivity contribution in [3.63, 3.8) is 0 Å². The van der Waals surface area contributed by atoms with Gasteiger partial charge in [-0.15, -0.1) is 0 Å². The topological polar surface area (TPSA) is 118 Å². The number of aromatic carboxylic acids is 1. The Kier molecular flexibility index (Phi) is 3.88. The first-order valence-corrected chi connectivity index (χ1v) is 5.56. The Morgan fingerprint density at radius 1 is 1.47 bits per heavy atom. The molecule has 1 aliphatic heterocycles. The summed E-state index contributed by atoms with van der Waals surface area (Å²) in [5.74, 6) is -1.31. The fraction of sp³-hybridized carbons (Fsp3) is 0.400. The van der Waals surface area contributed by atoms with E-state index in [-0.39, 0.29) is 17.2 Å². The third-order valence-electron chi connectivity index (χ3n) is 2.56. The number of nitro groups is 1. The molecule has 1 saturated heterocycles. The number of aromatic nitrogens is 1. The van der Waals surface area contributed by atoms with Crippen LogP contribution in [0.15, 0.2) is 12.1 Å². The molecule has 2 heterocycles. The third-order valence-corrected chi connectivity index (χ3v) is 2.56. The number of anilines is 1. The number of nitrogens with one attached hydrogen (secondary N) is 1. The second-order valence-corrected chi connectivity index (χ2v) is 3.84. The van der Waals surface area contributed by atoms with E-state index in [1.54, 1.807) is 5.01 Å². The molecule has 1 aliphatic rings. The summed E-state index contributed by atoms with van der Waals surface area (Å²) in [5, 5.41) is 21.4. The number of hydrogen-bond donors (Lipinski definition) is 2. The van der Waals surface area contributed by atoms with Gasteiger partial charge in [0.25, 0.3) is 0 Å². The number of hydrazine groups is 1. The zero-order chi connectivity index (χ0) is 13.8. The maximum atomic E-state index is 10.9. The molecule has 0 spiro atoms. The molecule has 0 amide bonds. The Labute approximate surface area is 107 Å². The van der Waals surface area contributed by atoms with E-state index in [1.165, 1.54) is 0 Å². The number of pyridine rings is 1. The SMILES string of the molecule is O=C(O)c1ccc([N+](=O)[O-])c(NN2CCOCC2)n1. The van der Waals surface area contributed by atoms with E-state index in [0.717, 1.165) is 12.1 Å². The summed E-state index contributed by atoms with van der Waals surface area (Å²) in [4.78, 5) is 24.9. The number of ether oxygens (including phenoxy) is 1. The molecular formula is C10H12N4O5. The molecule has 1 aromatic heterocycles. The highest BCUT2D eigenvalue weighted by Gasteiger charge is 2.21. The van der Waals surface area contributed by atoms with Gasteiger partial charge in [-0.05, 0) is 6.07 Å². The minimum atomic E-state index is -1.24. The van der Waals surface area contributed by atoms with Crippen LogP contribution in [-0.2, 0) is 4.74 Å². The van der Waals surface area contributed by atoms with Crippen LogP contribution in [0.4, 0.5) is 11.5 Å². The van der Waals surface area contributed by atoms with Crippen LogP contribution in [0.5, 0.6) is 0 Å². The predicted molar refractivity (Wildman–Crippen MR) is 63.9 cm³/mol. The fourth-order valence-electron chi connectivity index (χ4n) is 1.63. The molecular weight excluding hydrogens is 256 g/mol. The number of rotatable bonds is 4. The van der Waals surface area contributed by atoms with E-state index >= 15 is 0 Å². The normalized spacial score (nSPS) is 16.0. The van der Waals surface area contributed by atoms with Crippen molar-refractivity contribution < 1.29 is 19.6 Å². The van der Waals surface area contributed by atoms with Crippen LogP contribution in [-0.4, -0.2) is 52.3 Å². The molecule has 0 aliphatic carbocycles. The zero-order valence-electron chi connectivity index (χ0n) is 9.90. The monoisotopic (exact) mass is 268 g/mol. The van der Waals surface area contributed by atoms with E-state index in [4.69, 9.17) is 9.84 Å². The second kappa shape index (κ2) is 5.59. The molecule has 0 saturated carbocycles. The van der Waals surface area contributed by atoms with Gasteiger partial charge in [-0.3, -0.25) is 15.5 Å². The maximum absolute atomic E-state index is 10.9. The summed E-state index contributed by atoms with van der Waals surface area (Å²) >= 11 is 0. The summed E-state index contributed by atoms with van der Waals surface area (Å²) in [7, 11) is 0. The van der Waals surface area contributed by atoms with Crippen LogP contribution in [0.25, 0.3) is 0 Å². The van der Waals surface area contributed by atoms with Crippen LogP contribution in [0, 0.1) is 10.1 Å². The Hall–Kier alpha value is -2.26. The molecule has 2 N–H and O–H groups in total. The van der Waals surface area contributed by atoms with E-state index < -0.39 is 10.9 Å². The minimum Gasteiger partial charge on any atom is -0.477 e. The maximum Gasteiger partial charge on any atom is 0.354 e. The lowest BCUT2D eigenvalue weighted by atomic mass is 10.3. The molecule has 9 nitrogen and oxygen atoms in total. The van der Waals surface area contributed by atoms with Gasteiger partial charge in [0.15, 0.2) is 5.69 Å². The molecule has 9 heteroatoms. The number of carboxylic acids is 1. The molecule has 0 radical (unpaired) electrons. The van der Waals surface area contributed by atoms with Gasteiger partial charge in [0, 0.05) is 19.2 Å². The van der Waals surface area contributed by atoms with Crippen LogP contribution >= 0.6 is 0 Å². The smallest absolute Gasteiger partial charge is 0.354 e. The molecule has 0 aromatic carbocycles. The van der Waals surface area contributed by atoms with Crippen LogP contribution in [0.2, 0.25) is 0 Å². The van der Waals surface area contributed by atoms with Gasteiger partial charge in [-0.1, -0.05) is 0 Å². The third kappa shape index (κ3) is 3.14. The first-order chi connectivity index (χ1) is 9.08. The first-order valence-electron chi connectivity index (χ1n) is 5.56. The van der Waals surface area contributed by atoms with Crippen LogP contribution < -0.4 is 5.43 Å². The molecule has 0 unspecified atom stereocenters. The minimum absolute atomic E-state index is 0.0770. The largest absolute Gasteiger partial charge is 0.477 e. The molecule has 19 heavy (non-hydrogen) atoms. The molecule has 0 atom stereocenters. The number of morpholine rings is 1. The second-order valence-electron chi connectivity index (χ2n) is 3.84. The lowest BCUT2D eigenvalue weighted by Gasteiger charge is -2.27. The first kappa shape index (κ1) is 13.2.